The lowest BCUT2D eigenvalue weighted by molar-refractivity contribution is 0.0927. The van der Waals surface area contributed by atoms with Gasteiger partial charge in [0.05, 0.1) is 0 Å². The standard InChI is InChI=1S/C14H18N2O2S/c1-3-9(2)19-8-11-10-6-4-5-7-12(10)18-13(11)14(17)16-15/h4-7,9H,3,8,15H2,1-2H3,(H,16,17). The van der Waals surface area contributed by atoms with Crippen molar-refractivity contribution in [3.63, 3.8) is 0 Å². The Morgan fingerprint density at radius 2 is 2.21 bits per heavy atom. The molecule has 0 saturated heterocycles. The highest BCUT2D eigenvalue weighted by Crippen LogP contribution is 2.31. The summed E-state index contributed by atoms with van der Waals surface area (Å²) in [6.07, 6.45) is 1.10. The molecule has 0 aliphatic carbocycles. The summed E-state index contributed by atoms with van der Waals surface area (Å²) in [5.74, 6) is 5.90. The van der Waals surface area contributed by atoms with E-state index in [-0.39, 0.29) is 5.91 Å². The predicted octanol–water partition coefficient (Wildman–Crippen LogP) is 3.07. The third-order valence-electron chi connectivity index (χ3n) is 3.12. The number of hydrogen-bond acceptors (Lipinski definition) is 4. The zero-order chi connectivity index (χ0) is 13.8. The molecule has 0 bridgehead atoms. The topological polar surface area (TPSA) is 68.3 Å². The van der Waals surface area contributed by atoms with Gasteiger partial charge in [0.1, 0.15) is 5.58 Å². The van der Waals surface area contributed by atoms with E-state index in [1.807, 2.05) is 36.0 Å². The largest absolute Gasteiger partial charge is 0.451 e. The van der Waals surface area contributed by atoms with E-state index in [2.05, 4.69) is 19.3 Å². The third kappa shape index (κ3) is 2.93. The average molecular weight is 278 g/mol. The summed E-state index contributed by atoms with van der Waals surface area (Å²) in [4.78, 5) is 11.8. The molecule has 1 aromatic heterocycles. The number of para-hydroxylation sites is 1. The SMILES string of the molecule is CCC(C)SCc1c(C(=O)NN)oc2ccccc12. The molecule has 0 aliphatic heterocycles. The maximum absolute atomic E-state index is 11.8. The van der Waals surface area contributed by atoms with Crippen LogP contribution < -0.4 is 11.3 Å². The van der Waals surface area contributed by atoms with Crippen LogP contribution in [0.25, 0.3) is 11.0 Å². The molecule has 1 aromatic carbocycles. The second kappa shape index (κ2) is 6.12. The highest BCUT2D eigenvalue weighted by molar-refractivity contribution is 7.99. The first-order valence-corrected chi connectivity index (χ1v) is 7.35. The van der Waals surface area contributed by atoms with Gasteiger partial charge in [-0.2, -0.15) is 11.8 Å². The second-order valence-electron chi connectivity index (χ2n) is 4.41. The number of carbonyl (C=O) groups is 1. The summed E-state index contributed by atoms with van der Waals surface area (Å²) >= 11 is 1.81. The zero-order valence-electron chi connectivity index (χ0n) is 11.1. The van der Waals surface area contributed by atoms with Crippen molar-refractivity contribution < 1.29 is 9.21 Å². The second-order valence-corrected chi connectivity index (χ2v) is 5.84. The van der Waals surface area contributed by atoms with Gasteiger partial charge in [0, 0.05) is 22.0 Å². The fraction of sp³-hybridized carbons (Fsp3) is 0.357. The lowest BCUT2D eigenvalue weighted by Crippen LogP contribution is -2.30. The van der Waals surface area contributed by atoms with Crippen molar-refractivity contribution in [2.75, 3.05) is 0 Å². The highest BCUT2D eigenvalue weighted by atomic mass is 32.2. The lowest BCUT2D eigenvalue weighted by Gasteiger charge is -2.08. The van der Waals surface area contributed by atoms with Crippen LogP contribution in [-0.2, 0) is 5.75 Å². The van der Waals surface area contributed by atoms with E-state index in [1.54, 1.807) is 0 Å². The van der Waals surface area contributed by atoms with Crippen molar-refractivity contribution in [1.82, 2.24) is 5.43 Å². The molecule has 0 radical (unpaired) electrons. The summed E-state index contributed by atoms with van der Waals surface area (Å²) < 4.78 is 5.61. The molecule has 3 N–H and O–H groups in total. The van der Waals surface area contributed by atoms with Gasteiger partial charge in [-0.15, -0.1) is 0 Å². The van der Waals surface area contributed by atoms with Crippen LogP contribution in [0.1, 0.15) is 36.4 Å². The summed E-state index contributed by atoms with van der Waals surface area (Å²) in [5.41, 5.74) is 3.79. The molecule has 5 heteroatoms. The third-order valence-corrected chi connectivity index (χ3v) is 4.48. The van der Waals surface area contributed by atoms with Crippen molar-refractivity contribution in [2.45, 2.75) is 31.3 Å². The normalized spacial score (nSPS) is 12.6. The van der Waals surface area contributed by atoms with Gasteiger partial charge < -0.3 is 4.42 Å². The molecule has 1 amide bonds. The number of nitrogens with two attached hydrogens (primary N) is 1. The smallest absolute Gasteiger partial charge is 0.301 e. The minimum atomic E-state index is -0.379. The van der Waals surface area contributed by atoms with Gasteiger partial charge in [0.25, 0.3) is 0 Å². The van der Waals surface area contributed by atoms with Crippen LogP contribution in [0.15, 0.2) is 28.7 Å². The van der Waals surface area contributed by atoms with Crippen LogP contribution in [0.3, 0.4) is 0 Å². The molecule has 2 rings (SSSR count). The molecular formula is C14H18N2O2S. The number of furan rings is 1. The maximum Gasteiger partial charge on any atom is 0.301 e. The van der Waals surface area contributed by atoms with Gasteiger partial charge in [0.15, 0.2) is 5.76 Å². The minimum Gasteiger partial charge on any atom is -0.451 e. The quantitative estimate of drug-likeness (QED) is 0.501. The van der Waals surface area contributed by atoms with E-state index in [1.165, 1.54) is 0 Å². The van der Waals surface area contributed by atoms with E-state index in [0.29, 0.717) is 11.0 Å². The first-order chi connectivity index (χ1) is 9.17. The average Bonchev–Trinajstić information content (AvgIpc) is 2.82. The van der Waals surface area contributed by atoms with Crippen molar-refractivity contribution >= 4 is 28.6 Å². The molecule has 1 heterocycles. The molecule has 0 aliphatic rings. The van der Waals surface area contributed by atoms with Crippen LogP contribution in [0.4, 0.5) is 0 Å². The molecule has 19 heavy (non-hydrogen) atoms. The Morgan fingerprint density at radius 1 is 1.47 bits per heavy atom. The molecule has 1 unspecified atom stereocenters. The van der Waals surface area contributed by atoms with Gasteiger partial charge in [-0.1, -0.05) is 32.0 Å². The van der Waals surface area contributed by atoms with E-state index in [0.717, 1.165) is 28.7 Å². The fourth-order valence-corrected chi connectivity index (χ4v) is 2.81. The Hall–Kier alpha value is -1.46. The van der Waals surface area contributed by atoms with E-state index >= 15 is 0 Å². The number of hydrazine groups is 1. The van der Waals surface area contributed by atoms with E-state index < -0.39 is 0 Å². The molecule has 102 valence electrons. The molecule has 4 nitrogen and oxygen atoms in total. The number of benzene rings is 1. The summed E-state index contributed by atoms with van der Waals surface area (Å²) in [6, 6.07) is 7.67. The number of rotatable bonds is 5. The molecule has 0 spiro atoms. The minimum absolute atomic E-state index is 0.319. The predicted molar refractivity (Wildman–Crippen MR) is 78.9 cm³/mol. The first kappa shape index (κ1) is 14.0. The summed E-state index contributed by atoms with van der Waals surface area (Å²) in [6.45, 7) is 4.33. The molecular weight excluding hydrogens is 260 g/mol. The van der Waals surface area contributed by atoms with Crippen LogP contribution in [0, 0.1) is 0 Å². The van der Waals surface area contributed by atoms with Crippen molar-refractivity contribution in [1.29, 1.82) is 0 Å². The van der Waals surface area contributed by atoms with Gasteiger partial charge in [0.2, 0.25) is 0 Å². The summed E-state index contributed by atoms with van der Waals surface area (Å²) in [5, 5.41) is 1.53. The zero-order valence-corrected chi connectivity index (χ0v) is 11.9. The van der Waals surface area contributed by atoms with Gasteiger partial charge >= 0.3 is 5.91 Å². The van der Waals surface area contributed by atoms with Crippen molar-refractivity contribution in [3.8, 4) is 0 Å². The van der Waals surface area contributed by atoms with Gasteiger partial charge in [-0.05, 0) is 12.5 Å². The monoisotopic (exact) mass is 278 g/mol. The number of hydrogen-bond donors (Lipinski definition) is 2. The number of amides is 1. The number of nitrogen functional groups attached to an aromatic ring is 1. The Bertz CT molecular complexity index is 580. The van der Waals surface area contributed by atoms with Crippen molar-refractivity contribution in [3.05, 3.63) is 35.6 Å². The number of nitrogens with one attached hydrogen (secondary N) is 1. The number of fused-ring (bicyclic) bond motifs is 1. The van der Waals surface area contributed by atoms with Crippen LogP contribution in [0.5, 0.6) is 0 Å². The van der Waals surface area contributed by atoms with Gasteiger partial charge in [-0.25, -0.2) is 5.84 Å². The Morgan fingerprint density at radius 3 is 2.89 bits per heavy atom. The molecule has 0 saturated carbocycles. The van der Waals surface area contributed by atoms with Crippen LogP contribution >= 0.6 is 11.8 Å². The lowest BCUT2D eigenvalue weighted by atomic mass is 10.1. The van der Waals surface area contributed by atoms with E-state index in [9.17, 15) is 4.79 Å². The first-order valence-electron chi connectivity index (χ1n) is 6.30. The Labute approximate surface area is 116 Å². The molecule has 1 atom stereocenters. The highest BCUT2D eigenvalue weighted by Gasteiger charge is 2.20. The Balaban J connectivity index is 2.39. The van der Waals surface area contributed by atoms with Gasteiger partial charge in [-0.3, -0.25) is 10.2 Å². The number of thioether (sulfide) groups is 1. The summed E-state index contributed by atoms with van der Waals surface area (Å²) in [7, 11) is 0. The van der Waals surface area contributed by atoms with E-state index in [4.69, 9.17) is 10.3 Å². The molecule has 2 aromatic rings. The van der Waals surface area contributed by atoms with Crippen LogP contribution in [0.2, 0.25) is 0 Å². The fourth-order valence-electron chi connectivity index (χ4n) is 1.83. The molecule has 0 fully saturated rings. The van der Waals surface area contributed by atoms with Crippen LogP contribution in [-0.4, -0.2) is 11.2 Å². The number of carbonyl (C=O) groups excluding carboxylic acids is 1. The Kier molecular flexibility index (Phi) is 4.50. The van der Waals surface area contributed by atoms with Crippen molar-refractivity contribution in [2.24, 2.45) is 5.84 Å². The maximum atomic E-state index is 11.8.